The molecule has 5 nitrogen and oxygen atoms in total. The van der Waals surface area contributed by atoms with Gasteiger partial charge in [0.2, 0.25) is 0 Å². The van der Waals surface area contributed by atoms with E-state index in [4.69, 9.17) is 0 Å². The number of nitriles is 1. The SMILES string of the molecule is N#Cc1ccccc1Nc1ncccc1CC(c1cccnc1)c1cccnc1. The van der Waals surface area contributed by atoms with Crippen molar-refractivity contribution in [1.29, 1.82) is 5.26 Å². The fraction of sp³-hybridized carbons (Fsp3) is 0.0833. The first-order valence-electron chi connectivity index (χ1n) is 9.35. The third-order valence-electron chi connectivity index (χ3n) is 4.79. The molecule has 0 saturated carbocycles. The van der Waals surface area contributed by atoms with Gasteiger partial charge in [-0.05, 0) is 53.4 Å². The largest absolute Gasteiger partial charge is 0.339 e. The molecule has 0 saturated heterocycles. The molecule has 140 valence electrons. The minimum atomic E-state index is 0.0911. The maximum atomic E-state index is 9.38. The van der Waals surface area contributed by atoms with E-state index >= 15 is 0 Å². The zero-order valence-corrected chi connectivity index (χ0v) is 15.7. The first-order chi connectivity index (χ1) is 14.3. The Morgan fingerprint density at radius 1 is 0.828 bits per heavy atom. The van der Waals surface area contributed by atoms with Crippen LogP contribution < -0.4 is 5.32 Å². The van der Waals surface area contributed by atoms with Gasteiger partial charge in [-0.2, -0.15) is 5.26 Å². The second-order valence-electron chi connectivity index (χ2n) is 6.62. The topological polar surface area (TPSA) is 74.5 Å². The number of pyridine rings is 3. The average Bonchev–Trinajstić information content (AvgIpc) is 2.80. The van der Waals surface area contributed by atoms with Gasteiger partial charge in [0.25, 0.3) is 0 Å². The molecule has 1 N–H and O–H groups in total. The van der Waals surface area contributed by atoms with Gasteiger partial charge in [-0.1, -0.05) is 30.3 Å². The standard InChI is InChI=1S/C24H19N5/c25-15-19-6-1-2-10-23(19)29-24-18(7-5-13-28-24)14-22(20-8-3-11-26-16-20)21-9-4-12-27-17-21/h1-13,16-17,22H,14H2,(H,28,29). The quantitative estimate of drug-likeness (QED) is 0.519. The first-order valence-corrected chi connectivity index (χ1v) is 9.35. The van der Waals surface area contributed by atoms with Crippen molar-refractivity contribution in [3.8, 4) is 6.07 Å². The summed E-state index contributed by atoms with van der Waals surface area (Å²) in [6.45, 7) is 0. The van der Waals surface area contributed by atoms with E-state index < -0.39 is 0 Å². The van der Waals surface area contributed by atoms with Crippen molar-refractivity contribution >= 4 is 11.5 Å². The number of anilines is 2. The molecule has 0 fully saturated rings. The van der Waals surface area contributed by atoms with Gasteiger partial charge in [0, 0.05) is 36.9 Å². The Bertz CT molecular complexity index is 1080. The van der Waals surface area contributed by atoms with Crippen LogP contribution in [0.5, 0.6) is 0 Å². The minimum absolute atomic E-state index is 0.0911. The molecule has 0 amide bonds. The van der Waals surface area contributed by atoms with Crippen LogP contribution in [0.2, 0.25) is 0 Å². The van der Waals surface area contributed by atoms with Gasteiger partial charge in [-0.25, -0.2) is 4.98 Å². The Hall–Kier alpha value is -4.04. The van der Waals surface area contributed by atoms with Crippen molar-refractivity contribution in [2.75, 3.05) is 5.32 Å². The molecular formula is C24H19N5. The molecule has 5 heteroatoms. The fourth-order valence-corrected chi connectivity index (χ4v) is 3.35. The predicted octanol–water partition coefficient (Wildman–Crippen LogP) is 4.86. The van der Waals surface area contributed by atoms with Gasteiger partial charge in [0.1, 0.15) is 11.9 Å². The molecule has 3 heterocycles. The Kier molecular flexibility index (Phi) is 5.54. The minimum Gasteiger partial charge on any atom is -0.339 e. The van der Waals surface area contributed by atoms with Crippen molar-refractivity contribution in [2.45, 2.75) is 12.3 Å². The van der Waals surface area contributed by atoms with Crippen LogP contribution in [-0.4, -0.2) is 15.0 Å². The molecule has 0 aliphatic carbocycles. The number of nitrogens with one attached hydrogen (secondary N) is 1. The second kappa shape index (κ2) is 8.77. The van der Waals surface area contributed by atoms with E-state index in [2.05, 4.69) is 44.5 Å². The summed E-state index contributed by atoms with van der Waals surface area (Å²) >= 11 is 0. The molecule has 0 aliphatic heterocycles. The summed E-state index contributed by atoms with van der Waals surface area (Å²) in [5.41, 5.74) is 4.62. The number of rotatable bonds is 6. The highest BCUT2D eigenvalue weighted by Gasteiger charge is 2.18. The highest BCUT2D eigenvalue weighted by atomic mass is 15.0. The lowest BCUT2D eigenvalue weighted by Gasteiger charge is -2.19. The molecule has 0 atom stereocenters. The molecule has 0 spiro atoms. The molecular weight excluding hydrogens is 358 g/mol. The van der Waals surface area contributed by atoms with Crippen molar-refractivity contribution < 1.29 is 0 Å². The third-order valence-corrected chi connectivity index (χ3v) is 4.79. The number of nitrogens with zero attached hydrogens (tertiary/aromatic N) is 4. The molecule has 4 aromatic rings. The van der Waals surface area contributed by atoms with Crippen LogP contribution in [0.25, 0.3) is 0 Å². The lowest BCUT2D eigenvalue weighted by atomic mass is 9.87. The van der Waals surface area contributed by atoms with Gasteiger partial charge in [-0.15, -0.1) is 0 Å². The number of aromatic nitrogens is 3. The second-order valence-corrected chi connectivity index (χ2v) is 6.62. The van der Waals surface area contributed by atoms with E-state index in [1.165, 1.54) is 0 Å². The Labute approximate surface area is 169 Å². The van der Waals surface area contributed by atoms with Crippen LogP contribution in [0, 0.1) is 11.3 Å². The van der Waals surface area contributed by atoms with Crippen LogP contribution in [0.1, 0.15) is 28.2 Å². The Morgan fingerprint density at radius 2 is 1.52 bits per heavy atom. The fourth-order valence-electron chi connectivity index (χ4n) is 3.35. The summed E-state index contributed by atoms with van der Waals surface area (Å²) in [5, 5.41) is 12.7. The summed E-state index contributed by atoms with van der Waals surface area (Å²) in [6, 6.07) is 21.7. The number of benzene rings is 1. The maximum Gasteiger partial charge on any atom is 0.133 e. The number of hydrogen-bond donors (Lipinski definition) is 1. The first kappa shape index (κ1) is 18.3. The maximum absolute atomic E-state index is 9.38. The summed E-state index contributed by atoms with van der Waals surface area (Å²) in [4.78, 5) is 13.1. The van der Waals surface area contributed by atoms with Crippen LogP contribution in [0.4, 0.5) is 11.5 Å². The summed E-state index contributed by atoms with van der Waals surface area (Å²) in [7, 11) is 0. The zero-order valence-electron chi connectivity index (χ0n) is 15.7. The number of para-hydroxylation sites is 1. The molecule has 0 radical (unpaired) electrons. The van der Waals surface area contributed by atoms with Gasteiger partial charge < -0.3 is 5.32 Å². The Morgan fingerprint density at radius 3 is 2.17 bits per heavy atom. The highest BCUT2D eigenvalue weighted by Crippen LogP contribution is 2.31. The van der Waals surface area contributed by atoms with E-state index in [-0.39, 0.29) is 5.92 Å². The predicted molar refractivity (Wildman–Crippen MR) is 113 cm³/mol. The third kappa shape index (κ3) is 4.28. The van der Waals surface area contributed by atoms with Crippen molar-refractivity contribution in [2.24, 2.45) is 0 Å². The molecule has 0 unspecified atom stereocenters. The Balaban J connectivity index is 1.70. The molecule has 3 aromatic heterocycles. The zero-order chi connectivity index (χ0) is 19.9. The lowest BCUT2D eigenvalue weighted by Crippen LogP contribution is -2.09. The molecule has 0 aliphatic rings. The van der Waals surface area contributed by atoms with Crippen molar-refractivity contribution in [3.63, 3.8) is 0 Å². The van der Waals surface area contributed by atoms with E-state index in [1.54, 1.807) is 24.7 Å². The van der Waals surface area contributed by atoms with E-state index in [9.17, 15) is 5.26 Å². The lowest BCUT2D eigenvalue weighted by molar-refractivity contribution is 0.793. The van der Waals surface area contributed by atoms with Gasteiger partial charge in [-0.3, -0.25) is 9.97 Å². The molecule has 1 aromatic carbocycles. The number of hydrogen-bond acceptors (Lipinski definition) is 5. The van der Waals surface area contributed by atoms with E-state index in [0.717, 1.165) is 34.6 Å². The van der Waals surface area contributed by atoms with Crippen LogP contribution in [0.3, 0.4) is 0 Å². The summed E-state index contributed by atoms with van der Waals surface area (Å²) in [5.74, 6) is 0.835. The summed E-state index contributed by atoms with van der Waals surface area (Å²) < 4.78 is 0. The van der Waals surface area contributed by atoms with Crippen molar-refractivity contribution in [1.82, 2.24) is 15.0 Å². The van der Waals surface area contributed by atoms with Gasteiger partial charge in [0.05, 0.1) is 11.3 Å². The normalized spacial score (nSPS) is 10.5. The van der Waals surface area contributed by atoms with E-state index in [0.29, 0.717) is 5.56 Å². The molecule has 29 heavy (non-hydrogen) atoms. The summed E-state index contributed by atoms with van der Waals surface area (Å²) in [6.07, 6.45) is 9.82. The van der Waals surface area contributed by atoms with E-state index in [1.807, 2.05) is 48.8 Å². The van der Waals surface area contributed by atoms with Crippen molar-refractivity contribution in [3.05, 3.63) is 114 Å². The van der Waals surface area contributed by atoms with Gasteiger partial charge in [0.15, 0.2) is 0 Å². The highest BCUT2D eigenvalue weighted by molar-refractivity contribution is 5.66. The average molecular weight is 377 g/mol. The van der Waals surface area contributed by atoms with Crippen LogP contribution in [0.15, 0.2) is 91.6 Å². The van der Waals surface area contributed by atoms with Crippen LogP contribution in [-0.2, 0) is 6.42 Å². The monoisotopic (exact) mass is 377 g/mol. The van der Waals surface area contributed by atoms with Crippen LogP contribution >= 0.6 is 0 Å². The van der Waals surface area contributed by atoms with Gasteiger partial charge >= 0.3 is 0 Å². The molecule has 4 rings (SSSR count). The smallest absolute Gasteiger partial charge is 0.133 e. The molecule has 0 bridgehead atoms.